The molecule has 6 nitrogen and oxygen atoms in total. The van der Waals surface area contributed by atoms with Crippen LogP contribution in [0, 0.1) is 24.2 Å². The number of ether oxygens (including phenoxy) is 1. The molecule has 0 amide bonds. The maximum atomic E-state index is 13.8. The summed E-state index contributed by atoms with van der Waals surface area (Å²) in [7, 11) is 0. The van der Waals surface area contributed by atoms with E-state index in [2.05, 4.69) is 4.98 Å². The Kier molecular flexibility index (Phi) is 10.7. The highest BCUT2D eigenvalue weighted by Crippen LogP contribution is 2.35. The summed E-state index contributed by atoms with van der Waals surface area (Å²) in [5, 5.41) is 24.1. The molecular weight excluding hydrogens is 507 g/mol. The molecule has 1 aromatic rings. The molecule has 0 aromatic carbocycles. The predicted octanol–water partition coefficient (Wildman–Crippen LogP) is 5.81. The Morgan fingerprint density at radius 2 is 1.89 bits per heavy atom. The lowest BCUT2D eigenvalue weighted by Crippen LogP contribution is -2.45. The van der Waals surface area contributed by atoms with Gasteiger partial charge < -0.3 is 14.9 Å². The van der Waals surface area contributed by atoms with Crippen LogP contribution in [0.2, 0.25) is 0 Å². The van der Waals surface area contributed by atoms with Crippen LogP contribution in [0.25, 0.3) is 6.08 Å². The van der Waals surface area contributed by atoms with Gasteiger partial charge in [-0.15, -0.1) is 11.3 Å². The van der Waals surface area contributed by atoms with Crippen molar-refractivity contribution >= 4 is 29.2 Å². The van der Waals surface area contributed by atoms with Gasteiger partial charge in [-0.05, 0) is 50.7 Å². The van der Waals surface area contributed by atoms with Crippen LogP contribution in [-0.4, -0.2) is 51.4 Å². The fourth-order valence-corrected chi connectivity index (χ4v) is 5.08. The van der Waals surface area contributed by atoms with Gasteiger partial charge in [0.25, 0.3) is 0 Å². The SMILES string of the molecule is CC(=Cc1csc(C)n1)[C@@H]1CC=C(C(F)(F)F)CCC[C@H](C)[C@H](O)[C@@H](C)C(=O)C(C)(C)[C@@H](O)CC(=O)O1. The lowest BCUT2D eigenvalue weighted by molar-refractivity contribution is -0.154. The number of esters is 1. The first-order valence-corrected chi connectivity index (χ1v) is 13.4. The van der Waals surface area contributed by atoms with Crippen molar-refractivity contribution in [1.29, 1.82) is 0 Å². The highest BCUT2D eigenvalue weighted by molar-refractivity contribution is 7.09. The smallest absolute Gasteiger partial charge is 0.412 e. The highest BCUT2D eigenvalue weighted by atomic mass is 32.1. The van der Waals surface area contributed by atoms with Crippen LogP contribution in [-0.2, 0) is 14.3 Å². The maximum absolute atomic E-state index is 13.8. The van der Waals surface area contributed by atoms with E-state index in [1.807, 2.05) is 6.92 Å². The van der Waals surface area contributed by atoms with Crippen molar-refractivity contribution in [3.05, 3.63) is 33.3 Å². The van der Waals surface area contributed by atoms with E-state index in [4.69, 9.17) is 4.74 Å². The van der Waals surface area contributed by atoms with Gasteiger partial charge >= 0.3 is 12.1 Å². The molecular formula is C27H38F3NO5S. The number of hydrogen-bond acceptors (Lipinski definition) is 7. The molecule has 1 aliphatic heterocycles. The second kappa shape index (κ2) is 12.7. The summed E-state index contributed by atoms with van der Waals surface area (Å²) in [6, 6.07) is 0. The number of allylic oxidation sites excluding steroid dienone is 1. The van der Waals surface area contributed by atoms with Crippen LogP contribution in [0.5, 0.6) is 0 Å². The minimum Gasteiger partial charge on any atom is -0.457 e. The number of aromatic nitrogens is 1. The number of aliphatic hydroxyl groups excluding tert-OH is 2. The summed E-state index contributed by atoms with van der Waals surface area (Å²) in [5.74, 6) is -2.57. The van der Waals surface area contributed by atoms with Crippen molar-refractivity contribution in [3.8, 4) is 0 Å². The topological polar surface area (TPSA) is 96.7 Å². The van der Waals surface area contributed by atoms with Gasteiger partial charge in [0.1, 0.15) is 11.9 Å². The number of aryl methyl sites for hydroxylation is 1. The van der Waals surface area contributed by atoms with E-state index in [1.165, 1.54) is 32.1 Å². The molecule has 2 N–H and O–H groups in total. The molecule has 208 valence electrons. The number of ketones is 1. The Morgan fingerprint density at radius 1 is 1.24 bits per heavy atom. The third-order valence-electron chi connectivity index (χ3n) is 7.18. The fraction of sp³-hybridized carbons (Fsp3) is 0.667. The zero-order valence-corrected chi connectivity index (χ0v) is 23.1. The van der Waals surface area contributed by atoms with Crippen LogP contribution >= 0.6 is 11.3 Å². The fourth-order valence-electron chi connectivity index (χ4n) is 4.51. The third kappa shape index (κ3) is 8.48. The number of Topliss-reactive ketones (excluding diaryl/α,β-unsaturated/α-hetero) is 1. The number of cyclic esters (lactones) is 1. The molecule has 5 atom stereocenters. The second-order valence-electron chi connectivity index (χ2n) is 10.6. The molecule has 0 saturated carbocycles. The van der Waals surface area contributed by atoms with Crippen molar-refractivity contribution in [2.75, 3.05) is 0 Å². The molecule has 37 heavy (non-hydrogen) atoms. The molecule has 0 aliphatic carbocycles. The Bertz CT molecular complexity index is 1010. The van der Waals surface area contributed by atoms with Gasteiger partial charge in [0.05, 0.1) is 34.7 Å². The number of carbonyl (C=O) groups excluding carboxylic acids is 2. The minimum atomic E-state index is -4.56. The average molecular weight is 546 g/mol. The van der Waals surface area contributed by atoms with Crippen LogP contribution in [0.4, 0.5) is 13.2 Å². The number of nitrogens with zero attached hydrogens (tertiary/aromatic N) is 1. The molecule has 1 aliphatic rings. The van der Waals surface area contributed by atoms with Gasteiger partial charge in [-0.3, -0.25) is 9.59 Å². The third-order valence-corrected chi connectivity index (χ3v) is 7.97. The number of halogens is 3. The van der Waals surface area contributed by atoms with Crippen molar-refractivity contribution in [2.45, 2.75) is 98.1 Å². The van der Waals surface area contributed by atoms with E-state index < -0.39 is 65.5 Å². The summed E-state index contributed by atoms with van der Waals surface area (Å²) in [5.41, 5.74) is -0.966. The minimum absolute atomic E-state index is 0.161. The first-order valence-electron chi connectivity index (χ1n) is 12.5. The lowest BCUT2D eigenvalue weighted by Gasteiger charge is -2.34. The first-order chi connectivity index (χ1) is 17.0. The van der Waals surface area contributed by atoms with E-state index in [1.54, 1.807) is 25.3 Å². The summed E-state index contributed by atoms with van der Waals surface area (Å²) < 4.78 is 46.9. The standard InChI is InChI=1S/C27H38F3NO5S/c1-15-8-7-9-19(27(28,29)30)10-11-21(16(2)12-20-14-37-18(4)31-20)36-23(33)13-22(32)26(5,6)25(35)17(3)24(15)34/h10,12,14-15,17,21-22,24,32,34H,7-9,11,13H2,1-6H3/t15-,17+,21-,22-,24-/m0/s1. The van der Waals surface area contributed by atoms with Gasteiger partial charge in [0, 0.05) is 23.3 Å². The van der Waals surface area contributed by atoms with Gasteiger partial charge in [0.15, 0.2) is 0 Å². The van der Waals surface area contributed by atoms with Crippen LogP contribution in [0.1, 0.15) is 77.4 Å². The summed E-state index contributed by atoms with van der Waals surface area (Å²) >= 11 is 1.42. The second-order valence-corrected chi connectivity index (χ2v) is 11.6. The van der Waals surface area contributed by atoms with E-state index in [-0.39, 0.29) is 25.7 Å². The molecule has 1 aromatic heterocycles. The van der Waals surface area contributed by atoms with Crippen LogP contribution in [0.3, 0.4) is 0 Å². The predicted molar refractivity (Wildman–Crippen MR) is 137 cm³/mol. The van der Waals surface area contributed by atoms with Gasteiger partial charge in [-0.1, -0.05) is 33.8 Å². The maximum Gasteiger partial charge on any atom is 0.412 e. The zero-order valence-electron chi connectivity index (χ0n) is 22.3. The molecule has 2 rings (SSSR count). The summed E-state index contributed by atoms with van der Waals surface area (Å²) in [4.78, 5) is 30.3. The molecule has 0 unspecified atom stereocenters. The highest BCUT2D eigenvalue weighted by Gasteiger charge is 2.42. The molecule has 0 spiro atoms. The van der Waals surface area contributed by atoms with Crippen LogP contribution < -0.4 is 0 Å². The van der Waals surface area contributed by atoms with Crippen molar-refractivity contribution in [3.63, 3.8) is 0 Å². The molecule has 10 heteroatoms. The van der Waals surface area contributed by atoms with Gasteiger partial charge in [-0.25, -0.2) is 4.98 Å². The number of alkyl halides is 3. The Balaban J connectivity index is 2.45. The van der Waals surface area contributed by atoms with Crippen LogP contribution in [0.15, 0.2) is 22.6 Å². The number of thiazole rings is 1. The summed E-state index contributed by atoms with van der Waals surface area (Å²) in [6.45, 7) is 9.73. The largest absolute Gasteiger partial charge is 0.457 e. The number of rotatable bonds is 2. The Morgan fingerprint density at radius 3 is 2.46 bits per heavy atom. The van der Waals surface area contributed by atoms with E-state index in [9.17, 15) is 33.0 Å². The Hall–Kier alpha value is -2.04. The number of aliphatic hydroxyl groups is 2. The van der Waals surface area contributed by atoms with E-state index in [0.717, 1.165) is 11.1 Å². The quantitative estimate of drug-likeness (QED) is 0.360. The van der Waals surface area contributed by atoms with Crippen molar-refractivity contribution in [1.82, 2.24) is 4.98 Å². The first kappa shape index (κ1) is 31.2. The van der Waals surface area contributed by atoms with Crippen molar-refractivity contribution < 1.29 is 37.7 Å². The van der Waals surface area contributed by atoms with Gasteiger partial charge in [-0.2, -0.15) is 13.2 Å². The normalized spacial score (nSPS) is 29.5. The molecule has 0 saturated heterocycles. The Labute approximate surface area is 220 Å². The summed E-state index contributed by atoms with van der Waals surface area (Å²) in [6.07, 6.45) is -5.89. The number of hydrogen-bond donors (Lipinski definition) is 2. The monoisotopic (exact) mass is 545 g/mol. The van der Waals surface area contributed by atoms with E-state index in [0.29, 0.717) is 11.3 Å². The zero-order chi connectivity index (χ0) is 28.1. The number of carbonyl (C=O) groups is 2. The molecule has 0 fully saturated rings. The molecule has 0 bridgehead atoms. The van der Waals surface area contributed by atoms with E-state index >= 15 is 0 Å². The molecule has 2 heterocycles. The average Bonchev–Trinajstić information content (AvgIpc) is 3.21. The van der Waals surface area contributed by atoms with Crippen molar-refractivity contribution in [2.24, 2.45) is 17.3 Å². The van der Waals surface area contributed by atoms with Gasteiger partial charge in [0.2, 0.25) is 0 Å². The molecule has 0 radical (unpaired) electrons. The lowest BCUT2D eigenvalue weighted by atomic mass is 9.73.